The first-order valence-corrected chi connectivity index (χ1v) is 7.24. The molecule has 3 rings (SSSR count). The number of aromatic nitrogens is 2. The molecule has 1 aliphatic heterocycles. The van der Waals surface area contributed by atoms with E-state index in [-0.39, 0.29) is 17.2 Å². The van der Waals surface area contributed by atoms with Crippen LogP contribution in [-0.4, -0.2) is 21.9 Å². The fraction of sp³-hybridized carbons (Fsp3) is 0.214. The van der Waals surface area contributed by atoms with Crippen molar-refractivity contribution in [3.63, 3.8) is 0 Å². The molecule has 0 saturated heterocycles. The summed E-state index contributed by atoms with van der Waals surface area (Å²) in [7, 11) is 0. The highest BCUT2D eigenvalue weighted by Crippen LogP contribution is 2.37. The van der Waals surface area contributed by atoms with Crippen LogP contribution in [0.2, 0.25) is 10.3 Å². The molecule has 1 atom stereocenters. The van der Waals surface area contributed by atoms with Crippen LogP contribution in [0.15, 0.2) is 30.5 Å². The molecular weight excluding hydrogens is 311 g/mol. The van der Waals surface area contributed by atoms with Gasteiger partial charge in [-0.3, -0.25) is 4.79 Å². The lowest BCUT2D eigenvalue weighted by Gasteiger charge is -2.36. The molecule has 1 amide bonds. The van der Waals surface area contributed by atoms with Crippen LogP contribution in [0.25, 0.3) is 0 Å². The van der Waals surface area contributed by atoms with E-state index in [4.69, 9.17) is 23.2 Å². The summed E-state index contributed by atoms with van der Waals surface area (Å²) in [5, 5.41) is 3.58. The number of carbonyl (C=O) groups is 1. The van der Waals surface area contributed by atoms with Gasteiger partial charge < -0.3 is 10.2 Å². The number of hydrogen-bond donors (Lipinski definition) is 1. The van der Waals surface area contributed by atoms with Crippen molar-refractivity contribution in [2.45, 2.75) is 19.4 Å². The minimum absolute atomic E-state index is 0.0918. The van der Waals surface area contributed by atoms with Crippen molar-refractivity contribution in [3.05, 3.63) is 40.8 Å². The third-order valence-electron chi connectivity index (χ3n) is 3.33. The average molecular weight is 323 g/mol. The normalized spacial score (nSPS) is 17.4. The zero-order valence-electron chi connectivity index (χ0n) is 11.2. The summed E-state index contributed by atoms with van der Waals surface area (Å²) in [4.78, 5) is 22.3. The monoisotopic (exact) mass is 322 g/mol. The maximum Gasteiger partial charge on any atom is 0.247 e. The fourth-order valence-corrected chi connectivity index (χ4v) is 2.63. The Morgan fingerprint density at radius 1 is 1.29 bits per heavy atom. The molecule has 108 valence electrons. The molecule has 0 radical (unpaired) electrons. The standard InChI is InChI=1S/C14H12Cl2N4O/c1-2-11-13(21)18-10-7-17-14(16)19-12(10)20(11)9-5-3-8(15)4-6-9/h3-7,11H,2H2,1H3,(H,18,21). The highest BCUT2D eigenvalue weighted by Gasteiger charge is 2.34. The Hall–Kier alpha value is -1.85. The molecule has 0 aliphatic carbocycles. The summed E-state index contributed by atoms with van der Waals surface area (Å²) in [6.45, 7) is 1.95. The lowest BCUT2D eigenvalue weighted by atomic mass is 10.1. The second-order valence-corrected chi connectivity index (χ2v) is 5.41. The van der Waals surface area contributed by atoms with Gasteiger partial charge in [0.2, 0.25) is 11.2 Å². The quantitative estimate of drug-likeness (QED) is 0.857. The number of nitrogens with zero attached hydrogens (tertiary/aromatic N) is 3. The van der Waals surface area contributed by atoms with Crippen LogP contribution in [0.1, 0.15) is 13.3 Å². The molecule has 1 N–H and O–H groups in total. The van der Waals surface area contributed by atoms with Gasteiger partial charge in [-0.25, -0.2) is 4.98 Å². The van der Waals surface area contributed by atoms with Crippen molar-refractivity contribution in [1.82, 2.24) is 9.97 Å². The first-order chi connectivity index (χ1) is 10.1. The average Bonchev–Trinajstić information content (AvgIpc) is 2.47. The summed E-state index contributed by atoms with van der Waals surface area (Å²) in [6, 6.07) is 6.90. The van der Waals surface area contributed by atoms with Gasteiger partial charge in [0.25, 0.3) is 0 Å². The Bertz CT molecular complexity index is 690. The zero-order chi connectivity index (χ0) is 15.0. The van der Waals surface area contributed by atoms with Gasteiger partial charge in [-0.1, -0.05) is 18.5 Å². The highest BCUT2D eigenvalue weighted by atomic mass is 35.5. The SMILES string of the molecule is CCC1C(=O)Nc2cnc(Cl)nc2N1c1ccc(Cl)cc1. The first-order valence-electron chi connectivity index (χ1n) is 6.48. The minimum Gasteiger partial charge on any atom is -0.320 e. The number of fused-ring (bicyclic) bond motifs is 1. The van der Waals surface area contributed by atoms with Crippen molar-refractivity contribution in [2.24, 2.45) is 0 Å². The van der Waals surface area contributed by atoms with Crippen LogP contribution < -0.4 is 10.2 Å². The second kappa shape index (κ2) is 5.50. The number of nitrogens with one attached hydrogen (secondary N) is 1. The summed E-state index contributed by atoms with van der Waals surface area (Å²) >= 11 is 11.8. The van der Waals surface area contributed by atoms with Crippen LogP contribution in [0.3, 0.4) is 0 Å². The molecule has 0 saturated carbocycles. The number of halogens is 2. The Balaban J connectivity index is 2.16. The number of benzene rings is 1. The van der Waals surface area contributed by atoms with E-state index < -0.39 is 0 Å². The van der Waals surface area contributed by atoms with Crippen molar-refractivity contribution in [1.29, 1.82) is 0 Å². The van der Waals surface area contributed by atoms with Crippen molar-refractivity contribution >= 4 is 46.3 Å². The van der Waals surface area contributed by atoms with Gasteiger partial charge in [0.05, 0.1) is 6.20 Å². The third kappa shape index (κ3) is 2.54. The van der Waals surface area contributed by atoms with Crippen LogP contribution >= 0.6 is 23.2 Å². The molecule has 5 nitrogen and oxygen atoms in total. The van der Waals surface area contributed by atoms with Gasteiger partial charge in [0.15, 0.2) is 5.82 Å². The predicted octanol–water partition coefficient (Wildman–Crippen LogP) is 3.65. The largest absolute Gasteiger partial charge is 0.320 e. The van der Waals surface area contributed by atoms with Gasteiger partial charge in [-0.15, -0.1) is 0 Å². The molecule has 1 aromatic carbocycles. The molecule has 0 fully saturated rings. The lowest BCUT2D eigenvalue weighted by Crippen LogP contribution is -2.45. The Morgan fingerprint density at radius 2 is 2.00 bits per heavy atom. The van der Waals surface area contributed by atoms with Gasteiger partial charge >= 0.3 is 0 Å². The maximum atomic E-state index is 12.3. The maximum absolute atomic E-state index is 12.3. The van der Waals surface area contributed by atoms with Gasteiger partial charge in [0.1, 0.15) is 11.7 Å². The van der Waals surface area contributed by atoms with Gasteiger partial charge in [0, 0.05) is 10.7 Å². The topological polar surface area (TPSA) is 58.1 Å². The van der Waals surface area contributed by atoms with E-state index in [1.807, 2.05) is 24.0 Å². The molecule has 7 heteroatoms. The summed E-state index contributed by atoms with van der Waals surface area (Å²) in [6.07, 6.45) is 2.15. The zero-order valence-corrected chi connectivity index (χ0v) is 12.7. The predicted molar refractivity (Wildman–Crippen MR) is 83.3 cm³/mol. The van der Waals surface area contributed by atoms with E-state index in [1.54, 1.807) is 12.1 Å². The van der Waals surface area contributed by atoms with Crippen molar-refractivity contribution in [3.8, 4) is 0 Å². The lowest BCUT2D eigenvalue weighted by molar-refractivity contribution is -0.117. The molecule has 0 spiro atoms. The second-order valence-electron chi connectivity index (χ2n) is 4.64. The van der Waals surface area contributed by atoms with E-state index in [1.165, 1.54) is 6.20 Å². The van der Waals surface area contributed by atoms with Crippen LogP contribution in [0, 0.1) is 0 Å². The van der Waals surface area contributed by atoms with E-state index in [0.717, 1.165) is 5.69 Å². The Kier molecular flexibility index (Phi) is 3.69. The number of anilines is 3. The molecule has 1 unspecified atom stereocenters. The van der Waals surface area contributed by atoms with Crippen molar-refractivity contribution in [2.75, 3.05) is 10.2 Å². The minimum atomic E-state index is -0.357. The smallest absolute Gasteiger partial charge is 0.247 e. The van der Waals surface area contributed by atoms with E-state index >= 15 is 0 Å². The number of carbonyl (C=O) groups excluding carboxylic acids is 1. The van der Waals surface area contributed by atoms with E-state index in [9.17, 15) is 4.79 Å². The van der Waals surface area contributed by atoms with Gasteiger partial charge in [-0.2, -0.15) is 4.98 Å². The van der Waals surface area contributed by atoms with E-state index in [0.29, 0.717) is 22.9 Å². The molecule has 21 heavy (non-hydrogen) atoms. The summed E-state index contributed by atoms with van der Waals surface area (Å²) in [5.41, 5.74) is 1.38. The van der Waals surface area contributed by atoms with E-state index in [2.05, 4.69) is 15.3 Å². The Morgan fingerprint density at radius 3 is 2.67 bits per heavy atom. The molecule has 2 heterocycles. The molecule has 1 aliphatic rings. The molecule has 1 aromatic heterocycles. The molecule has 2 aromatic rings. The van der Waals surface area contributed by atoms with Gasteiger partial charge in [-0.05, 0) is 42.3 Å². The van der Waals surface area contributed by atoms with Crippen LogP contribution in [0.5, 0.6) is 0 Å². The van der Waals surface area contributed by atoms with Crippen LogP contribution in [-0.2, 0) is 4.79 Å². The number of hydrogen-bond acceptors (Lipinski definition) is 4. The number of rotatable bonds is 2. The third-order valence-corrected chi connectivity index (χ3v) is 3.77. The van der Waals surface area contributed by atoms with Crippen molar-refractivity contribution < 1.29 is 4.79 Å². The summed E-state index contributed by atoms with van der Waals surface area (Å²) < 4.78 is 0. The molecular formula is C14H12Cl2N4O. The number of amides is 1. The van der Waals surface area contributed by atoms with Crippen LogP contribution in [0.4, 0.5) is 17.2 Å². The Labute approximate surface area is 131 Å². The molecule has 0 bridgehead atoms. The summed E-state index contributed by atoms with van der Waals surface area (Å²) in [5.74, 6) is 0.495. The highest BCUT2D eigenvalue weighted by molar-refractivity contribution is 6.30. The fourth-order valence-electron chi connectivity index (χ4n) is 2.38. The first kappa shape index (κ1) is 14.1.